The fourth-order valence-corrected chi connectivity index (χ4v) is 4.06. The van der Waals surface area contributed by atoms with Crippen molar-refractivity contribution in [2.24, 2.45) is 11.8 Å². The zero-order valence-electron chi connectivity index (χ0n) is 15.3. The van der Waals surface area contributed by atoms with Crippen molar-refractivity contribution in [3.63, 3.8) is 0 Å². The summed E-state index contributed by atoms with van der Waals surface area (Å²) >= 11 is 0. The molecule has 1 aliphatic heterocycles. The first kappa shape index (κ1) is 17.8. The molecule has 1 saturated heterocycles. The molecule has 2 aromatic rings. The lowest BCUT2D eigenvalue weighted by atomic mass is 9.92. The van der Waals surface area contributed by atoms with Crippen LogP contribution in [0, 0.1) is 18.8 Å². The number of nitrogens with one attached hydrogen (secondary N) is 1. The first-order valence-electron chi connectivity index (χ1n) is 9.16. The number of hydrogen-bond donors (Lipinski definition) is 2. The second kappa shape index (κ2) is 7.48. The van der Waals surface area contributed by atoms with Gasteiger partial charge in [0.1, 0.15) is 17.1 Å². The van der Waals surface area contributed by atoms with Gasteiger partial charge in [0.25, 0.3) is 5.91 Å². The van der Waals surface area contributed by atoms with E-state index in [0.717, 1.165) is 37.9 Å². The lowest BCUT2D eigenvalue weighted by molar-refractivity contribution is 0.0947. The van der Waals surface area contributed by atoms with Crippen molar-refractivity contribution in [2.75, 3.05) is 26.2 Å². The number of phenolic OH excluding ortho intramolecular Hbond substituents is 1. The second-order valence-corrected chi connectivity index (χ2v) is 7.53. The number of hydrogen-bond acceptors (Lipinski definition) is 4. The Bertz CT molecular complexity index is 743. The van der Waals surface area contributed by atoms with Crippen molar-refractivity contribution in [2.45, 2.75) is 33.6 Å². The molecular formula is C20H28N2O3. The van der Waals surface area contributed by atoms with E-state index in [9.17, 15) is 9.90 Å². The largest absolute Gasteiger partial charge is 0.508 e. The van der Waals surface area contributed by atoms with E-state index in [1.54, 1.807) is 25.1 Å². The third-order valence-corrected chi connectivity index (χ3v) is 4.96. The molecule has 1 aromatic heterocycles. The molecule has 25 heavy (non-hydrogen) atoms. The van der Waals surface area contributed by atoms with Crippen LogP contribution in [-0.2, 0) is 0 Å². The molecule has 0 bridgehead atoms. The highest BCUT2D eigenvalue weighted by Gasteiger charge is 2.21. The van der Waals surface area contributed by atoms with Crippen LogP contribution in [0.2, 0.25) is 0 Å². The number of aryl methyl sites for hydroxylation is 1. The maximum atomic E-state index is 12.5. The number of benzene rings is 1. The summed E-state index contributed by atoms with van der Waals surface area (Å²) in [5.41, 5.74) is 1.14. The topological polar surface area (TPSA) is 65.7 Å². The van der Waals surface area contributed by atoms with Gasteiger partial charge in [-0.2, -0.15) is 0 Å². The number of piperidine rings is 1. The Morgan fingerprint density at radius 2 is 2.04 bits per heavy atom. The summed E-state index contributed by atoms with van der Waals surface area (Å²) in [4.78, 5) is 15.0. The minimum Gasteiger partial charge on any atom is -0.508 e. The number of likely N-dealkylation sites (tertiary alicyclic amines) is 1. The summed E-state index contributed by atoms with van der Waals surface area (Å²) in [6.07, 6.45) is 2.25. The summed E-state index contributed by atoms with van der Waals surface area (Å²) < 4.78 is 5.62. The van der Waals surface area contributed by atoms with Gasteiger partial charge in [0, 0.05) is 25.0 Å². The molecule has 2 heterocycles. The molecule has 0 unspecified atom stereocenters. The highest BCUT2D eigenvalue weighted by atomic mass is 16.3. The van der Waals surface area contributed by atoms with Crippen molar-refractivity contribution in [1.82, 2.24) is 10.2 Å². The first-order chi connectivity index (χ1) is 11.9. The molecule has 136 valence electrons. The molecule has 0 radical (unpaired) electrons. The number of aromatic hydroxyl groups is 1. The predicted octanol–water partition coefficient (Wildman–Crippen LogP) is 3.54. The fraction of sp³-hybridized carbons (Fsp3) is 0.550. The number of nitrogens with zero attached hydrogens (tertiary/aromatic N) is 1. The van der Waals surface area contributed by atoms with Crippen LogP contribution in [0.5, 0.6) is 5.75 Å². The van der Waals surface area contributed by atoms with Crippen molar-refractivity contribution >= 4 is 16.9 Å². The van der Waals surface area contributed by atoms with E-state index in [4.69, 9.17) is 4.42 Å². The highest BCUT2D eigenvalue weighted by Crippen LogP contribution is 2.28. The van der Waals surface area contributed by atoms with E-state index >= 15 is 0 Å². The molecule has 3 rings (SSSR count). The van der Waals surface area contributed by atoms with E-state index in [2.05, 4.69) is 24.1 Å². The average molecular weight is 344 g/mol. The van der Waals surface area contributed by atoms with Gasteiger partial charge in [0.05, 0.1) is 5.56 Å². The molecule has 1 aromatic carbocycles. The molecule has 2 atom stereocenters. The predicted molar refractivity (Wildman–Crippen MR) is 99.0 cm³/mol. The molecule has 0 saturated carbocycles. The zero-order chi connectivity index (χ0) is 18.0. The van der Waals surface area contributed by atoms with E-state index in [-0.39, 0.29) is 11.7 Å². The van der Waals surface area contributed by atoms with Crippen LogP contribution < -0.4 is 5.32 Å². The standard InChI is InChI=1S/C20H28N2O3/c1-13-9-14(2)12-22(11-13)8-4-7-21-20(24)19-15(3)25-18-6-5-16(23)10-17(18)19/h5-6,10,13-14,23H,4,7-9,11-12H2,1-3H3,(H,21,24)/t13-,14+. The SMILES string of the molecule is Cc1oc2ccc(O)cc2c1C(=O)NCCCN1C[C@H](C)C[C@H](C)C1. The molecular weight excluding hydrogens is 316 g/mol. The molecule has 5 heteroatoms. The third kappa shape index (κ3) is 4.15. The summed E-state index contributed by atoms with van der Waals surface area (Å²) in [5.74, 6) is 2.09. The maximum absolute atomic E-state index is 12.5. The Hall–Kier alpha value is -2.01. The molecule has 1 fully saturated rings. The molecule has 1 amide bonds. The van der Waals surface area contributed by atoms with Gasteiger partial charge in [0.15, 0.2) is 0 Å². The molecule has 0 spiro atoms. The summed E-state index contributed by atoms with van der Waals surface area (Å²) in [6.45, 7) is 10.4. The number of amides is 1. The highest BCUT2D eigenvalue weighted by molar-refractivity contribution is 6.07. The zero-order valence-corrected chi connectivity index (χ0v) is 15.3. The van der Waals surface area contributed by atoms with E-state index in [1.165, 1.54) is 6.42 Å². The number of fused-ring (bicyclic) bond motifs is 1. The van der Waals surface area contributed by atoms with Crippen LogP contribution in [0.25, 0.3) is 11.0 Å². The Balaban J connectivity index is 1.55. The van der Waals surface area contributed by atoms with Crippen molar-refractivity contribution in [1.29, 1.82) is 0 Å². The van der Waals surface area contributed by atoms with Crippen LogP contribution in [0.3, 0.4) is 0 Å². The van der Waals surface area contributed by atoms with Crippen LogP contribution in [-0.4, -0.2) is 42.1 Å². The van der Waals surface area contributed by atoms with E-state index in [0.29, 0.717) is 28.8 Å². The quantitative estimate of drug-likeness (QED) is 0.814. The normalized spacial score (nSPS) is 21.6. The number of furan rings is 1. The maximum Gasteiger partial charge on any atom is 0.255 e. The fourth-order valence-electron chi connectivity index (χ4n) is 4.06. The van der Waals surface area contributed by atoms with Gasteiger partial charge in [-0.1, -0.05) is 13.8 Å². The number of carbonyl (C=O) groups is 1. The van der Waals surface area contributed by atoms with Crippen LogP contribution in [0.15, 0.2) is 22.6 Å². The molecule has 2 N–H and O–H groups in total. The summed E-state index contributed by atoms with van der Waals surface area (Å²) in [7, 11) is 0. The van der Waals surface area contributed by atoms with E-state index < -0.39 is 0 Å². The van der Waals surface area contributed by atoms with Crippen molar-refractivity contribution < 1.29 is 14.3 Å². The lowest BCUT2D eigenvalue weighted by Gasteiger charge is -2.34. The van der Waals surface area contributed by atoms with Crippen molar-refractivity contribution in [3.05, 3.63) is 29.5 Å². The number of phenols is 1. The smallest absolute Gasteiger partial charge is 0.255 e. The summed E-state index contributed by atoms with van der Waals surface area (Å²) in [6, 6.07) is 4.83. The van der Waals surface area contributed by atoms with Gasteiger partial charge in [-0.15, -0.1) is 0 Å². The second-order valence-electron chi connectivity index (χ2n) is 7.53. The van der Waals surface area contributed by atoms with Gasteiger partial charge in [-0.05, 0) is 56.3 Å². The van der Waals surface area contributed by atoms with Gasteiger partial charge < -0.3 is 19.7 Å². The summed E-state index contributed by atoms with van der Waals surface area (Å²) in [5, 5.41) is 13.3. The first-order valence-corrected chi connectivity index (χ1v) is 9.16. The van der Waals surface area contributed by atoms with Gasteiger partial charge in [0.2, 0.25) is 0 Å². The Labute approximate surface area is 149 Å². The van der Waals surface area contributed by atoms with E-state index in [1.807, 2.05) is 0 Å². The van der Waals surface area contributed by atoms with Gasteiger partial charge in [-0.25, -0.2) is 0 Å². The molecule has 5 nitrogen and oxygen atoms in total. The van der Waals surface area contributed by atoms with Gasteiger partial charge >= 0.3 is 0 Å². The van der Waals surface area contributed by atoms with Gasteiger partial charge in [-0.3, -0.25) is 4.79 Å². The third-order valence-electron chi connectivity index (χ3n) is 4.96. The molecule has 1 aliphatic rings. The Morgan fingerprint density at radius 1 is 1.32 bits per heavy atom. The lowest BCUT2D eigenvalue weighted by Crippen LogP contribution is -2.40. The van der Waals surface area contributed by atoms with Crippen LogP contribution in [0.4, 0.5) is 0 Å². The minimum atomic E-state index is -0.137. The van der Waals surface area contributed by atoms with Crippen LogP contribution >= 0.6 is 0 Å². The number of rotatable bonds is 5. The van der Waals surface area contributed by atoms with Crippen LogP contribution in [0.1, 0.15) is 42.8 Å². The average Bonchev–Trinajstić information content (AvgIpc) is 2.85. The van der Waals surface area contributed by atoms with Crippen molar-refractivity contribution in [3.8, 4) is 5.75 Å². The molecule has 0 aliphatic carbocycles. The Morgan fingerprint density at radius 3 is 2.76 bits per heavy atom. The monoisotopic (exact) mass is 344 g/mol. The Kier molecular flexibility index (Phi) is 5.33. The number of carbonyl (C=O) groups excluding carboxylic acids is 1. The minimum absolute atomic E-state index is 0.135.